The lowest BCUT2D eigenvalue weighted by atomic mass is 9.91. The quantitative estimate of drug-likeness (QED) is 0.849. The Bertz CT molecular complexity index is 375. The molecule has 1 aliphatic rings. The third kappa shape index (κ3) is 3.78. The Balaban J connectivity index is 1.97. The van der Waals surface area contributed by atoms with E-state index in [1.165, 1.54) is 0 Å². The molecule has 5 nitrogen and oxygen atoms in total. The Hall–Kier alpha value is -0.910. The molecule has 0 spiro atoms. The molecule has 19 heavy (non-hydrogen) atoms. The summed E-state index contributed by atoms with van der Waals surface area (Å²) in [4.78, 5) is 4.41. The van der Waals surface area contributed by atoms with Gasteiger partial charge in [0.25, 0.3) is 0 Å². The highest BCUT2D eigenvalue weighted by molar-refractivity contribution is 4.98. The van der Waals surface area contributed by atoms with Gasteiger partial charge in [-0.2, -0.15) is 0 Å². The van der Waals surface area contributed by atoms with Crippen LogP contribution in [0.4, 0.5) is 0 Å². The van der Waals surface area contributed by atoms with Crippen molar-refractivity contribution in [1.29, 1.82) is 0 Å². The van der Waals surface area contributed by atoms with Gasteiger partial charge in [0.2, 0.25) is 0 Å². The molecule has 2 atom stereocenters. The first kappa shape index (κ1) is 14.5. The summed E-state index contributed by atoms with van der Waals surface area (Å²) in [6.07, 6.45) is 6.03. The van der Waals surface area contributed by atoms with E-state index in [-0.39, 0.29) is 6.04 Å². The number of hydrogen-bond donors (Lipinski definition) is 1. The molecule has 0 aromatic carbocycles. The lowest BCUT2D eigenvalue weighted by Gasteiger charge is -2.32. The predicted octanol–water partition coefficient (Wildman–Crippen LogP) is 1.51. The van der Waals surface area contributed by atoms with Crippen LogP contribution < -0.4 is 5.32 Å². The summed E-state index contributed by atoms with van der Waals surface area (Å²) < 4.78 is 12.9. The van der Waals surface area contributed by atoms with Gasteiger partial charge in [-0.1, -0.05) is 0 Å². The molecule has 0 bridgehead atoms. The lowest BCUT2D eigenvalue weighted by Crippen LogP contribution is -2.43. The van der Waals surface area contributed by atoms with E-state index in [4.69, 9.17) is 9.47 Å². The maximum Gasteiger partial charge on any atom is 0.125 e. The highest BCUT2D eigenvalue weighted by Gasteiger charge is 2.26. The van der Waals surface area contributed by atoms with Crippen molar-refractivity contribution in [3.8, 4) is 0 Å². The molecule has 1 aliphatic heterocycles. The smallest absolute Gasteiger partial charge is 0.125 e. The number of hydrogen-bond acceptors (Lipinski definition) is 4. The highest BCUT2D eigenvalue weighted by atomic mass is 16.5. The largest absolute Gasteiger partial charge is 0.383 e. The molecule has 0 saturated carbocycles. The minimum Gasteiger partial charge on any atom is -0.383 e. The monoisotopic (exact) mass is 267 g/mol. The summed E-state index contributed by atoms with van der Waals surface area (Å²) in [5.41, 5.74) is 0. The van der Waals surface area contributed by atoms with E-state index in [0.29, 0.717) is 12.0 Å². The van der Waals surface area contributed by atoms with Gasteiger partial charge in [0.15, 0.2) is 0 Å². The van der Waals surface area contributed by atoms with Crippen LogP contribution in [0.2, 0.25) is 0 Å². The fourth-order valence-electron chi connectivity index (χ4n) is 2.81. The van der Waals surface area contributed by atoms with E-state index in [0.717, 1.165) is 38.5 Å². The van der Waals surface area contributed by atoms with Crippen molar-refractivity contribution in [2.75, 3.05) is 26.9 Å². The molecule has 5 heteroatoms. The van der Waals surface area contributed by atoms with Crippen molar-refractivity contribution in [1.82, 2.24) is 14.9 Å². The molecular formula is C14H25N3O2. The van der Waals surface area contributed by atoms with E-state index in [1.807, 2.05) is 19.4 Å². The molecule has 1 N–H and O–H groups in total. The normalized spacial score (nSPS) is 20.4. The molecule has 0 amide bonds. The molecule has 1 aromatic heterocycles. The Labute approximate surface area is 115 Å². The zero-order chi connectivity index (χ0) is 13.7. The van der Waals surface area contributed by atoms with Crippen LogP contribution in [-0.4, -0.2) is 42.5 Å². The van der Waals surface area contributed by atoms with Crippen molar-refractivity contribution >= 4 is 0 Å². The first-order valence-electron chi connectivity index (χ1n) is 7.02. The van der Waals surface area contributed by atoms with Gasteiger partial charge < -0.3 is 19.4 Å². The average Bonchev–Trinajstić information content (AvgIpc) is 2.85. The lowest BCUT2D eigenvalue weighted by molar-refractivity contribution is 0.0351. The summed E-state index contributed by atoms with van der Waals surface area (Å²) >= 11 is 0. The fourth-order valence-corrected chi connectivity index (χ4v) is 2.81. The second-order valence-corrected chi connectivity index (χ2v) is 5.30. The molecule has 2 rings (SSSR count). The number of imidazole rings is 1. The van der Waals surface area contributed by atoms with Gasteiger partial charge >= 0.3 is 0 Å². The van der Waals surface area contributed by atoms with Gasteiger partial charge in [-0.15, -0.1) is 0 Å². The van der Waals surface area contributed by atoms with Crippen LogP contribution in [0, 0.1) is 5.92 Å². The fraction of sp³-hybridized carbons (Fsp3) is 0.786. The first-order valence-corrected chi connectivity index (χ1v) is 7.02. The summed E-state index contributed by atoms with van der Waals surface area (Å²) in [6.45, 7) is 4.62. The average molecular weight is 267 g/mol. The zero-order valence-corrected chi connectivity index (χ0v) is 12.1. The third-order valence-corrected chi connectivity index (χ3v) is 3.89. The minimum absolute atomic E-state index is 0.225. The molecule has 108 valence electrons. The molecule has 0 radical (unpaired) electrons. The number of nitrogens with zero attached hydrogens (tertiary/aromatic N) is 2. The van der Waals surface area contributed by atoms with Gasteiger partial charge in [-0.25, -0.2) is 4.98 Å². The second-order valence-electron chi connectivity index (χ2n) is 5.30. The number of methoxy groups -OCH3 is 1. The summed E-state index contributed by atoms with van der Waals surface area (Å²) in [6, 6.07) is 0.587. The van der Waals surface area contributed by atoms with E-state index in [9.17, 15) is 0 Å². The van der Waals surface area contributed by atoms with Crippen LogP contribution in [0.1, 0.15) is 31.6 Å². The number of rotatable bonds is 6. The van der Waals surface area contributed by atoms with Gasteiger partial charge in [0, 0.05) is 45.8 Å². The van der Waals surface area contributed by atoms with Crippen LogP contribution in [0.25, 0.3) is 0 Å². The van der Waals surface area contributed by atoms with Gasteiger partial charge in [0.1, 0.15) is 5.82 Å². The molecule has 2 unspecified atom stereocenters. The van der Waals surface area contributed by atoms with Crippen molar-refractivity contribution in [2.24, 2.45) is 13.0 Å². The Morgan fingerprint density at radius 2 is 2.26 bits per heavy atom. The number of aryl methyl sites for hydroxylation is 1. The zero-order valence-electron chi connectivity index (χ0n) is 12.1. The highest BCUT2D eigenvalue weighted by Crippen LogP contribution is 2.21. The minimum atomic E-state index is 0.225. The van der Waals surface area contributed by atoms with E-state index in [2.05, 4.69) is 21.8 Å². The van der Waals surface area contributed by atoms with Crippen LogP contribution in [0.3, 0.4) is 0 Å². The SMILES string of the molecule is COCC(NC(C)c1nccn1C)C1CCOCC1. The molecule has 1 fully saturated rings. The summed E-state index contributed by atoms with van der Waals surface area (Å²) in [7, 11) is 3.79. The third-order valence-electron chi connectivity index (χ3n) is 3.89. The van der Waals surface area contributed by atoms with Crippen LogP contribution in [-0.2, 0) is 16.5 Å². The number of ether oxygens (including phenoxy) is 2. The Morgan fingerprint density at radius 3 is 2.84 bits per heavy atom. The van der Waals surface area contributed by atoms with E-state index < -0.39 is 0 Å². The standard InChI is InChI=1S/C14H25N3O2/c1-11(14-15-6-7-17(14)2)16-13(10-18-3)12-4-8-19-9-5-12/h6-7,11-13,16H,4-5,8-10H2,1-3H3. The van der Waals surface area contributed by atoms with Gasteiger partial charge in [0.05, 0.1) is 12.6 Å². The summed E-state index contributed by atoms with van der Waals surface area (Å²) in [5, 5.41) is 3.67. The van der Waals surface area contributed by atoms with Crippen LogP contribution in [0.15, 0.2) is 12.4 Å². The number of nitrogens with one attached hydrogen (secondary N) is 1. The molecule has 1 saturated heterocycles. The van der Waals surface area contributed by atoms with Crippen molar-refractivity contribution < 1.29 is 9.47 Å². The second kappa shape index (κ2) is 7.03. The maximum absolute atomic E-state index is 5.44. The topological polar surface area (TPSA) is 48.3 Å². The summed E-state index contributed by atoms with van der Waals surface area (Å²) in [5.74, 6) is 1.68. The molecule has 2 heterocycles. The van der Waals surface area contributed by atoms with Crippen molar-refractivity contribution in [3.63, 3.8) is 0 Å². The van der Waals surface area contributed by atoms with Crippen LogP contribution >= 0.6 is 0 Å². The van der Waals surface area contributed by atoms with Gasteiger partial charge in [-0.3, -0.25) is 0 Å². The van der Waals surface area contributed by atoms with E-state index in [1.54, 1.807) is 7.11 Å². The predicted molar refractivity (Wildman–Crippen MR) is 74.0 cm³/mol. The Morgan fingerprint density at radius 1 is 1.53 bits per heavy atom. The Kier molecular flexibility index (Phi) is 5.36. The first-order chi connectivity index (χ1) is 9.22. The molecule has 0 aliphatic carbocycles. The van der Waals surface area contributed by atoms with Crippen molar-refractivity contribution in [3.05, 3.63) is 18.2 Å². The molecule has 1 aromatic rings. The van der Waals surface area contributed by atoms with Crippen LogP contribution in [0.5, 0.6) is 0 Å². The molecular weight excluding hydrogens is 242 g/mol. The van der Waals surface area contributed by atoms with Gasteiger partial charge in [-0.05, 0) is 25.7 Å². The number of aromatic nitrogens is 2. The van der Waals surface area contributed by atoms with Crippen molar-refractivity contribution in [2.45, 2.75) is 31.8 Å². The van der Waals surface area contributed by atoms with E-state index >= 15 is 0 Å². The maximum atomic E-state index is 5.44.